The summed E-state index contributed by atoms with van der Waals surface area (Å²) in [6, 6.07) is 0. The van der Waals surface area contributed by atoms with Crippen molar-refractivity contribution in [2.45, 2.75) is 39.3 Å². The lowest BCUT2D eigenvalue weighted by Gasteiger charge is -2.25. The Bertz CT molecular complexity index is 379. The number of alkyl halides is 3. The van der Waals surface area contributed by atoms with Crippen LogP contribution in [-0.4, -0.2) is 10.2 Å². The van der Waals surface area contributed by atoms with Gasteiger partial charge in [0.1, 0.15) is 0 Å². The second-order valence-electron chi connectivity index (χ2n) is 4.77. The average Bonchev–Trinajstić information content (AvgIpc) is 2.58. The summed E-state index contributed by atoms with van der Waals surface area (Å²) in [5.41, 5.74) is 0.339. The van der Waals surface area contributed by atoms with Crippen molar-refractivity contribution in [3.05, 3.63) is 17.0 Å². The van der Waals surface area contributed by atoms with Gasteiger partial charge in [0.2, 0.25) is 0 Å². The Hall–Kier alpha value is -1.00. The molecule has 0 saturated heterocycles. The maximum Gasteiger partial charge on any atom is 0.435 e. The number of fused-ring (bicyclic) bond motifs is 1. The molecule has 1 N–H and O–H groups in total. The molecule has 90 valence electrons. The highest BCUT2D eigenvalue weighted by Gasteiger charge is 2.39. The third-order valence-electron chi connectivity index (χ3n) is 3.40. The van der Waals surface area contributed by atoms with E-state index in [0.717, 1.165) is 6.42 Å². The molecule has 0 amide bonds. The highest BCUT2D eigenvalue weighted by atomic mass is 19.4. The van der Waals surface area contributed by atoms with Crippen LogP contribution in [0.1, 0.15) is 37.2 Å². The van der Waals surface area contributed by atoms with Gasteiger partial charge in [-0.1, -0.05) is 13.8 Å². The van der Waals surface area contributed by atoms with E-state index in [4.69, 9.17) is 0 Å². The van der Waals surface area contributed by atoms with Crippen LogP contribution < -0.4 is 0 Å². The number of rotatable bonds is 1. The first kappa shape index (κ1) is 11.5. The third-order valence-corrected chi connectivity index (χ3v) is 3.40. The van der Waals surface area contributed by atoms with Gasteiger partial charge in [-0.2, -0.15) is 18.3 Å². The Labute approximate surface area is 92.2 Å². The van der Waals surface area contributed by atoms with E-state index in [9.17, 15) is 13.2 Å². The van der Waals surface area contributed by atoms with Crippen LogP contribution in [0, 0.1) is 11.8 Å². The van der Waals surface area contributed by atoms with Gasteiger partial charge in [-0.3, -0.25) is 5.10 Å². The van der Waals surface area contributed by atoms with Gasteiger partial charge in [-0.05, 0) is 31.1 Å². The zero-order valence-electron chi connectivity index (χ0n) is 9.36. The van der Waals surface area contributed by atoms with Gasteiger partial charge in [-0.15, -0.1) is 0 Å². The molecule has 1 aromatic heterocycles. The van der Waals surface area contributed by atoms with Gasteiger partial charge >= 0.3 is 6.18 Å². The van der Waals surface area contributed by atoms with Crippen LogP contribution in [0.2, 0.25) is 0 Å². The molecule has 1 aliphatic carbocycles. The smallest absolute Gasteiger partial charge is 0.282 e. The number of H-pyrrole nitrogens is 1. The van der Waals surface area contributed by atoms with Crippen LogP contribution in [0.15, 0.2) is 0 Å². The molecule has 0 spiro atoms. The number of nitrogens with one attached hydrogen (secondary N) is 1. The Morgan fingerprint density at radius 3 is 2.62 bits per heavy atom. The molecule has 5 heteroatoms. The molecule has 0 bridgehead atoms. The first-order chi connectivity index (χ1) is 7.39. The molecule has 1 aromatic rings. The van der Waals surface area contributed by atoms with E-state index in [2.05, 4.69) is 24.0 Å². The van der Waals surface area contributed by atoms with E-state index in [1.807, 2.05) is 0 Å². The summed E-state index contributed by atoms with van der Waals surface area (Å²) in [5, 5.41) is 5.96. The fourth-order valence-corrected chi connectivity index (χ4v) is 2.34. The lowest BCUT2D eigenvalue weighted by atomic mass is 9.80. The Balaban J connectivity index is 2.27. The number of aromatic nitrogens is 2. The summed E-state index contributed by atoms with van der Waals surface area (Å²) in [6.07, 6.45) is -2.32. The fraction of sp³-hybridized carbons (Fsp3) is 0.727. The minimum atomic E-state index is -4.32. The molecule has 2 rings (SSSR count). The number of halogens is 3. The van der Waals surface area contributed by atoms with E-state index in [-0.39, 0.29) is 0 Å². The molecular formula is C11H15F3N2. The molecule has 0 unspecified atom stereocenters. The van der Waals surface area contributed by atoms with Crippen LogP contribution in [0.25, 0.3) is 0 Å². The third kappa shape index (κ3) is 1.95. The van der Waals surface area contributed by atoms with Crippen molar-refractivity contribution in [2.75, 3.05) is 0 Å². The van der Waals surface area contributed by atoms with E-state index < -0.39 is 11.9 Å². The zero-order valence-corrected chi connectivity index (χ0v) is 9.36. The fourth-order valence-electron chi connectivity index (χ4n) is 2.34. The summed E-state index contributed by atoms with van der Waals surface area (Å²) >= 11 is 0. The van der Waals surface area contributed by atoms with E-state index in [1.165, 1.54) is 0 Å². The summed E-state index contributed by atoms with van der Waals surface area (Å²) in [5.74, 6) is 0.972. The zero-order chi connectivity index (χ0) is 11.9. The molecule has 16 heavy (non-hydrogen) atoms. The molecule has 1 aliphatic rings. The molecule has 1 atom stereocenters. The van der Waals surface area contributed by atoms with Crippen molar-refractivity contribution in [1.29, 1.82) is 0 Å². The monoisotopic (exact) mass is 232 g/mol. The maximum atomic E-state index is 12.6. The standard InChI is InChI=1S/C11H15F3N2/c1-6(2)7-3-4-8-9(5-7)15-16-10(8)11(12,13)14/h6-7H,3-5H2,1-2H3,(H,15,16)/t7-/m1/s1. The van der Waals surface area contributed by atoms with Gasteiger partial charge < -0.3 is 0 Å². The predicted molar refractivity (Wildman–Crippen MR) is 53.9 cm³/mol. The molecule has 0 aliphatic heterocycles. The van der Waals surface area contributed by atoms with Crippen molar-refractivity contribution in [3.63, 3.8) is 0 Å². The molecule has 0 saturated carbocycles. The largest absolute Gasteiger partial charge is 0.435 e. The first-order valence-electron chi connectivity index (χ1n) is 5.53. The normalized spacial score (nSPS) is 21.2. The molecule has 1 heterocycles. The molecule has 0 fully saturated rings. The van der Waals surface area contributed by atoms with Gasteiger partial charge in [-0.25, -0.2) is 0 Å². The predicted octanol–water partition coefficient (Wildman–Crippen LogP) is 3.19. The average molecular weight is 232 g/mol. The quantitative estimate of drug-likeness (QED) is 0.791. The topological polar surface area (TPSA) is 28.7 Å². The number of hydrogen-bond donors (Lipinski definition) is 1. The minimum absolute atomic E-state index is 0.379. The lowest BCUT2D eigenvalue weighted by molar-refractivity contribution is -0.141. The first-order valence-corrected chi connectivity index (χ1v) is 5.53. The highest BCUT2D eigenvalue weighted by molar-refractivity contribution is 5.30. The second kappa shape index (κ2) is 3.79. The van der Waals surface area contributed by atoms with E-state index in [1.54, 1.807) is 0 Å². The number of aromatic amines is 1. The summed E-state index contributed by atoms with van der Waals surface area (Å²) < 4.78 is 37.7. The van der Waals surface area contributed by atoms with Gasteiger partial charge in [0.15, 0.2) is 5.69 Å². The van der Waals surface area contributed by atoms with Crippen LogP contribution in [0.4, 0.5) is 13.2 Å². The van der Waals surface area contributed by atoms with Gasteiger partial charge in [0.05, 0.1) is 0 Å². The van der Waals surface area contributed by atoms with Crippen LogP contribution >= 0.6 is 0 Å². The lowest BCUT2D eigenvalue weighted by Crippen LogP contribution is -2.20. The van der Waals surface area contributed by atoms with Crippen LogP contribution in [0.5, 0.6) is 0 Å². The highest BCUT2D eigenvalue weighted by Crippen LogP contribution is 2.37. The van der Waals surface area contributed by atoms with Crippen LogP contribution in [-0.2, 0) is 19.0 Å². The van der Waals surface area contributed by atoms with E-state index >= 15 is 0 Å². The SMILES string of the molecule is CC(C)[C@@H]1CCc2c(C(F)(F)F)n[nH]c2C1. The van der Waals surface area contributed by atoms with Crippen molar-refractivity contribution >= 4 is 0 Å². The van der Waals surface area contributed by atoms with Crippen molar-refractivity contribution < 1.29 is 13.2 Å². The van der Waals surface area contributed by atoms with Crippen molar-refractivity contribution in [1.82, 2.24) is 10.2 Å². The van der Waals surface area contributed by atoms with Crippen molar-refractivity contribution in [2.24, 2.45) is 11.8 Å². The Morgan fingerprint density at radius 1 is 1.38 bits per heavy atom. The maximum absolute atomic E-state index is 12.6. The number of hydrogen-bond acceptors (Lipinski definition) is 1. The van der Waals surface area contributed by atoms with Crippen molar-refractivity contribution in [3.8, 4) is 0 Å². The number of nitrogens with zero attached hydrogens (tertiary/aromatic N) is 1. The Morgan fingerprint density at radius 2 is 2.06 bits per heavy atom. The molecule has 0 radical (unpaired) electrons. The van der Waals surface area contributed by atoms with Crippen LogP contribution in [0.3, 0.4) is 0 Å². The second-order valence-corrected chi connectivity index (χ2v) is 4.77. The molecular weight excluding hydrogens is 217 g/mol. The van der Waals surface area contributed by atoms with Gasteiger partial charge in [0, 0.05) is 11.3 Å². The molecule has 2 nitrogen and oxygen atoms in total. The molecule has 0 aromatic carbocycles. The minimum Gasteiger partial charge on any atom is -0.282 e. The Kier molecular flexibility index (Phi) is 2.72. The summed E-state index contributed by atoms with van der Waals surface area (Å²) in [6.45, 7) is 4.22. The van der Waals surface area contributed by atoms with Gasteiger partial charge in [0.25, 0.3) is 0 Å². The van der Waals surface area contributed by atoms with E-state index in [0.29, 0.717) is 35.9 Å². The summed E-state index contributed by atoms with van der Waals surface area (Å²) in [4.78, 5) is 0. The summed E-state index contributed by atoms with van der Waals surface area (Å²) in [7, 11) is 0.